The maximum atomic E-state index is 13.4. The van der Waals surface area contributed by atoms with E-state index in [4.69, 9.17) is 18.9 Å². The van der Waals surface area contributed by atoms with Gasteiger partial charge in [0.05, 0.1) is 23.7 Å². The highest BCUT2D eigenvalue weighted by atomic mass is 16.6. The second-order valence-electron chi connectivity index (χ2n) is 13.4. The van der Waals surface area contributed by atoms with E-state index in [0.29, 0.717) is 25.7 Å². The van der Waals surface area contributed by atoms with Crippen molar-refractivity contribution >= 4 is 23.9 Å². The molecule has 0 saturated heterocycles. The molecule has 1 fully saturated rings. The first kappa shape index (κ1) is 41.9. The molecule has 0 N–H and O–H groups in total. The highest BCUT2D eigenvalue weighted by Crippen LogP contribution is 2.33. The molecular formula is C38H68O8. The van der Waals surface area contributed by atoms with Gasteiger partial charge in [0.25, 0.3) is 0 Å². The van der Waals surface area contributed by atoms with E-state index in [0.717, 1.165) is 77.0 Å². The lowest BCUT2D eigenvalue weighted by atomic mass is 9.88. The fraction of sp³-hybridized carbons (Fsp3) is 0.895. The minimum absolute atomic E-state index is 0.110. The zero-order chi connectivity index (χ0) is 34.5. The number of hydrogen-bond acceptors (Lipinski definition) is 8. The van der Waals surface area contributed by atoms with Gasteiger partial charge in [-0.3, -0.25) is 19.2 Å². The highest BCUT2D eigenvalue weighted by Gasteiger charge is 2.46. The number of rotatable bonds is 24. The van der Waals surface area contributed by atoms with Gasteiger partial charge in [-0.1, -0.05) is 107 Å². The predicted molar refractivity (Wildman–Crippen MR) is 182 cm³/mol. The molecule has 0 bridgehead atoms. The molecule has 0 aromatic rings. The summed E-state index contributed by atoms with van der Waals surface area (Å²) >= 11 is 0. The van der Waals surface area contributed by atoms with Crippen LogP contribution in [0.15, 0.2) is 0 Å². The lowest BCUT2D eigenvalue weighted by Gasteiger charge is -2.40. The number of hydrogen-bond donors (Lipinski definition) is 0. The molecule has 0 aliphatic heterocycles. The third-order valence-corrected chi connectivity index (χ3v) is 9.76. The van der Waals surface area contributed by atoms with Crippen LogP contribution < -0.4 is 0 Å². The van der Waals surface area contributed by atoms with Crippen LogP contribution in [0, 0.1) is 23.7 Å². The van der Waals surface area contributed by atoms with Crippen molar-refractivity contribution < 1.29 is 38.1 Å². The van der Waals surface area contributed by atoms with Crippen LogP contribution in [0.4, 0.5) is 0 Å². The van der Waals surface area contributed by atoms with Crippen LogP contribution >= 0.6 is 0 Å². The molecule has 0 heterocycles. The molecule has 0 spiro atoms. The Hall–Kier alpha value is -2.12. The second-order valence-corrected chi connectivity index (χ2v) is 13.4. The van der Waals surface area contributed by atoms with Crippen LogP contribution in [0.5, 0.6) is 0 Å². The number of carbonyl (C=O) groups is 4. The SMILES string of the molecule is CCCCC(CC)C(=O)OC1CC(OC(=O)C(CC)CCCC)C(OC(=O)C(CC)CCCC)CC1OC(=O)C(CC)CCCC. The molecule has 8 atom stereocenters. The molecule has 1 rings (SSSR count). The lowest BCUT2D eigenvalue weighted by molar-refractivity contribution is -0.204. The molecule has 8 unspecified atom stereocenters. The van der Waals surface area contributed by atoms with Crippen molar-refractivity contribution in [2.45, 2.75) is 195 Å². The molecule has 46 heavy (non-hydrogen) atoms. The van der Waals surface area contributed by atoms with Gasteiger partial charge in [0.1, 0.15) is 24.4 Å². The van der Waals surface area contributed by atoms with E-state index in [2.05, 4.69) is 27.7 Å². The summed E-state index contributed by atoms with van der Waals surface area (Å²) in [6.45, 7) is 16.3. The lowest BCUT2D eigenvalue weighted by Crippen LogP contribution is -2.52. The Morgan fingerprint density at radius 3 is 0.761 bits per heavy atom. The standard InChI is InChI=1S/C38H68O8/c1-9-17-21-27(13-5)35(39)43-31-25-33(45-37(41)29(15-7)23-19-11-3)34(46-38(42)30(16-8)24-20-12-4)26-32(31)44-36(40)28(14-6)22-18-10-2/h27-34H,9-26H2,1-8H3. The Morgan fingerprint density at radius 2 is 0.609 bits per heavy atom. The van der Waals surface area contributed by atoms with Gasteiger partial charge in [-0.05, 0) is 51.4 Å². The van der Waals surface area contributed by atoms with Gasteiger partial charge in [-0.15, -0.1) is 0 Å². The minimum atomic E-state index is -0.804. The summed E-state index contributed by atoms with van der Waals surface area (Å²) in [7, 11) is 0. The Labute approximate surface area is 280 Å². The maximum Gasteiger partial charge on any atom is 0.309 e. The maximum absolute atomic E-state index is 13.4. The molecule has 1 aliphatic rings. The fourth-order valence-electron chi connectivity index (χ4n) is 6.30. The van der Waals surface area contributed by atoms with Gasteiger partial charge in [0, 0.05) is 12.8 Å². The summed E-state index contributed by atoms with van der Waals surface area (Å²) in [5.41, 5.74) is 0. The van der Waals surface area contributed by atoms with Gasteiger partial charge in [-0.25, -0.2) is 0 Å². The number of esters is 4. The molecule has 0 aromatic heterocycles. The highest BCUT2D eigenvalue weighted by molar-refractivity contribution is 5.75. The summed E-state index contributed by atoms with van der Waals surface area (Å²) in [6.07, 6.45) is 10.0. The van der Waals surface area contributed by atoms with Crippen LogP contribution in [-0.4, -0.2) is 48.3 Å². The Balaban J connectivity index is 3.43. The topological polar surface area (TPSA) is 105 Å². The number of ether oxygens (including phenoxy) is 4. The molecule has 0 radical (unpaired) electrons. The fourth-order valence-corrected chi connectivity index (χ4v) is 6.30. The van der Waals surface area contributed by atoms with Crippen LogP contribution in [0.2, 0.25) is 0 Å². The van der Waals surface area contributed by atoms with Crippen molar-refractivity contribution in [3.05, 3.63) is 0 Å². The Bertz CT molecular complexity index is 735. The van der Waals surface area contributed by atoms with Crippen LogP contribution in [0.25, 0.3) is 0 Å². The van der Waals surface area contributed by atoms with E-state index in [-0.39, 0.29) is 60.4 Å². The van der Waals surface area contributed by atoms with E-state index in [1.807, 2.05) is 27.7 Å². The molecule has 268 valence electrons. The first-order chi connectivity index (χ1) is 22.1. The zero-order valence-corrected chi connectivity index (χ0v) is 30.6. The monoisotopic (exact) mass is 652 g/mol. The van der Waals surface area contributed by atoms with Crippen LogP contribution in [0.3, 0.4) is 0 Å². The third kappa shape index (κ3) is 14.3. The molecular weight excluding hydrogens is 584 g/mol. The van der Waals surface area contributed by atoms with Crippen LogP contribution in [-0.2, 0) is 38.1 Å². The first-order valence-electron chi connectivity index (χ1n) is 19.0. The summed E-state index contributed by atoms with van der Waals surface area (Å²) in [6, 6.07) is 0. The molecule has 1 saturated carbocycles. The van der Waals surface area contributed by atoms with E-state index >= 15 is 0 Å². The quantitative estimate of drug-likeness (QED) is 0.0750. The van der Waals surface area contributed by atoms with Crippen molar-refractivity contribution in [2.24, 2.45) is 23.7 Å². The normalized spacial score (nSPS) is 22.3. The van der Waals surface area contributed by atoms with Crippen molar-refractivity contribution in [3.8, 4) is 0 Å². The zero-order valence-electron chi connectivity index (χ0n) is 30.6. The second kappa shape index (κ2) is 24.1. The average molecular weight is 653 g/mol. The van der Waals surface area contributed by atoms with Gasteiger partial charge in [0.15, 0.2) is 0 Å². The predicted octanol–water partition coefficient (Wildman–Crippen LogP) is 9.29. The number of carbonyl (C=O) groups excluding carboxylic acids is 4. The minimum Gasteiger partial charge on any atom is -0.458 e. The molecule has 8 nitrogen and oxygen atoms in total. The van der Waals surface area contributed by atoms with Gasteiger partial charge < -0.3 is 18.9 Å². The van der Waals surface area contributed by atoms with Crippen molar-refractivity contribution in [3.63, 3.8) is 0 Å². The van der Waals surface area contributed by atoms with E-state index < -0.39 is 24.4 Å². The third-order valence-electron chi connectivity index (χ3n) is 9.76. The Morgan fingerprint density at radius 1 is 0.413 bits per heavy atom. The van der Waals surface area contributed by atoms with Crippen molar-refractivity contribution in [1.29, 1.82) is 0 Å². The number of unbranched alkanes of at least 4 members (excludes halogenated alkanes) is 4. The summed E-state index contributed by atoms with van der Waals surface area (Å²) in [5.74, 6) is -2.32. The van der Waals surface area contributed by atoms with Gasteiger partial charge in [0.2, 0.25) is 0 Å². The van der Waals surface area contributed by atoms with Crippen molar-refractivity contribution in [2.75, 3.05) is 0 Å². The molecule has 0 amide bonds. The summed E-state index contributed by atoms with van der Waals surface area (Å²) in [5, 5.41) is 0. The Kier molecular flexibility index (Phi) is 21.9. The van der Waals surface area contributed by atoms with Crippen molar-refractivity contribution in [1.82, 2.24) is 0 Å². The van der Waals surface area contributed by atoms with E-state index in [9.17, 15) is 19.2 Å². The van der Waals surface area contributed by atoms with E-state index in [1.54, 1.807) is 0 Å². The largest absolute Gasteiger partial charge is 0.458 e. The average Bonchev–Trinajstić information content (AvgIpc) is 3.04. The smallest absolute Gasteiger partial charge is 0.309 e. The van der Waals surface area contributed by atoms with Gasteiger partial charge >= 0.3 is 23.9 Å². The molecule has 8 heteroatoms. The molecule has 0 aromatic carbocycles. The van der Waals surface area contributed by atoms with Gasteiger partial charge in [-0.2, -0.15) is 0 Å². The van der Waals surface area contributed by atoms with E-state index in [1.165, 1.54) is 0 Å². The van der Waals surface area contributed by atoms with Crippen LogP contribution in [0.1, 0.15) is 171 Å². The summed E-state index contributed by atoms with van der Waals surface area (Å²) in [4.78, 5) is 53.8. The molecule has 1 aliphatic carbocycles. The summed E-state index contributed by atoms with van der Waals surface area (Å²) < 4.78 is 24.6. The first-order valence-corrected chi connectivity index (χ1v) is 19.0.